The number of amides is 1. The van der Waals surface area contributed by atoms with Crippen LogP contribution in [-0.2, 0) is 23.7 Å². The standard InChI is InChI=1S/C23H46N6O13/c24-3-6(26)1-9(31)21(38)29-8-2-7(27)19(41-23-17(36)16(35)14(33)10(4-25)39-23)18(37)20(8)42-22-15(34)12(28)13(32)11(5-30)40-22/h6-20,22-23,30-37H,1-5,24-28H2,(H,29,38)/t6-,7+,8-,9+,10+,11+,12-,13+,14+,15+,16-,17+,18+,19-,20+,22+,23+/m0/s1. The lowest BCUT2D eigenvalue weighted by molar-refractivity contribution is -0.332. The lowest BCUT2D eigenvalue weighted by atomic mass is 9.83. The summed E-state index contributed by atoms with van der Waals surface area (Å²) < 4.78 is 22.6. The van der Waals surface area contributed by atoms with Gasteiger partial charge in [0.2, 0.25) is 5.91 Å². The molecule has 2 heterocycles. The Hall–Kier alpha value is -1.21. The van der Waals surface area contributed by atoms with Crippen molar-refractivity contribution in [3.63, 3.8) is 0 Å². The van der Waals surface area contributed by atoms with Gasteiger partial charge in [0, 0.05) is 25.2 Å². The van der Waals surface area contributed by atoms with Crippen LogP contribution in [0.5, 0.6) is 0 Å². The number of rotatable bonds is 11. The fraction of sp³-hybridized carbons (Fsp3) is 0.957. The van der Waals surface area contributed by atoms with Crippen LogP contribution in [0.25, 0.3) is 0 Å². The maximum atomic E-state index is 12.8. The van der Waals surface area contributed by atoms with Gasteiger partial charge in [0.15, 0.2) is 12.6 Å². The van der Waals surface area contributed by atoms with Gasteiger partial charge >= 0.3 is 0 Å². The van der Waals surface area contributed by atoms with Crippen molar-refractivity contribution in [3.8, 4) is 0 Å². The minimum atomic E-state index is -1.77. The first-order chi connectivity index (χ1) is 19.7. The number of carbonyl (C=O) groups is 1. The zero-order valence-electron chi connectivity index (χ0n) is 22.9. The van der Waals surface area contributed by atoms with Crippen LogP contribution in [0.4, 0.5) is 0 Å². The van der Waals surface area contributed by atoms with Crippen LogP contribution in [0.2, 0.25) is 0 Å². The molecule has 1 amide bonds. The van der Waals surface area contributed by atoms with Crippen molar-refractivity contribution in [2.75, 3.05) is 19.7 Å². The summed E-state index contributed by atoms with van der Waals surface area (Å²) in [5.74, 6) is -0.893. The van der Waals surface area contributed by atoms with Crippen molar-refractivity contribution in [1.82, 2.24) is 5.32 Å². The third-order valence-corrected chi connectivity index (χ3v) is 7.90. The number of nitrogens with one attached hydrogen (secondary N) is 1. The summed E-state index contributed by atoms with van der Waals surface area (Å²) in [5.41, 5.74) is 28.9. The largest absolute Gasteiger partial charge is 0.394 e. The van der Waals surface area contributed by atoms with Crippen molar-refractivity contribution < 1.29 is 64.6 Å². The van der Waals surface area contributed by atoms with Gasteiger partial charge in [-0.25, -0.2) is 0 Å². The van der Waals surface area contributed by atoms with Crippen molar-refractivity contribution in [1.29, 1.82) is 0 Å². The van der Waals surface area contributed by atoms with E-state index in [-0.39, 0.29) is 25.9 Å². The zero-order valence-corrected chi connectivity index (χ0v) is 22.9. The number of hydrogen-bond donors (Lipinski definition) is 14. The van der Waals surface area contributed by atoms with Gasteiger partial charge < -0.3 is 93.8 Å². The van der Waals surface area contributed by atoms with Crippen LogP contribution in [0.15, 0.2) is 0 Å². The molecule has 0 radical (unpaired) electrons. The molecule has 19 nitrogen and oxygen atoms in total. The molecule has 1 saturated carbocycles. The molecule has 0 aromatic rings. The molecule has 3 rings (SSSR count). The molecular weight excluding hydrogens is 568 g/mol. The third kappa shape index (κ3) is 7.71. The Morgan fingerprint density at radius 2 is 1.45 bits per heavy atom. The topological polar surface area (TPSA) is 358 Å². The number of ether oxygens (including phenoxy) is 4. The molecular formula is C23H46N6O13. The third-order valence-electron chi connectivity index (χ3n) is 7.90. The Kier molecular flexibility index (Phi) is 12.8. The predicted octanol–water partition coefficient (Wildman–Crippen LogP) is -9.10. The van der Waals surface area contributed by atoms with E-state index in [2.05, 4.69) is 5.32 Å². The molecule has 0 aromatic heterocycles. The lowest BCUT2D eigenvalue weighted by Gasteiger charge is -2.49. The smallest absolute Gasteiger partial charge is 0.249 e. The van der Waals surface area contributed by atoms with Gasteiger partial charge in [0.1, 0.15) is 67.1 Å². The summed E-state index contributed by atoms with van der Waals surface area (Å²) in [6.07, 6.45) is -20.3. The molecule has 0 bridgehead atoms. The highest BCUT2D eigenvalue weighted by Crippen LogP contribution is 2.32. The average Bonchev–Trinajstić information content (AvgIpc) is 2.96. The van der Waals surface area contributed by atoms with E-state index < -0.39 is 116 Å². The Morgan fingerprint density at radius 1 is 0.857 bits per heavy atom. The summed E-state index contributed by atoms with van der Waals surface area (Å²) in [6.45, 7) is -0.926. The summed E-state index contributed by atoms with van der Waals surface area (Å²) in [5, 5.41) is 85.4. The number of carbonyl (C=O) groups excluding carboxylic acids is 1. The number of aliphatic hydroxyl groups excluding tert-OH is 8. The van der Waals surface area contributed by atoms with Crippen molar-refractivity contribution in [2.45, 2.75) is 117 Å². The van der Waals surface area contributed by atoms with Gasteiger partial charge in [0.25, 0.3) is 0 Å². The van der Waals surface area contributed by atoms with E-state index >= 15 is 0 Å². The van der Waals surface area contributed by atoms with Crippen LogP contribution < -0.4 is 34.0 Å². The van der Waals surface area contributed by atoms with Crippen LogP contribution in [0.1, 0.15) is 12.8 Å². The van der Waals surface area contributed by atoms with Crippen LogP contribution in [-0.4, -0.2) is 170 Å². The Morgan fingerprint density at radius 3 is 2.05 bits per heavy atom. The summed E-state index contributed by atoms with van der Waals surface area (Å²) in [7, 11) is 0. The van der Waals surface area contributed by atoms with Gasteiger partial charge in [-0.2, -0.15) is 0 Å². The van der Waals surface area contributed by atoms with Crippen molar-refractivity contribution >= 4 is 5.91 Å². The van der Waals surface area contributed by atoms with Gasteiger partial charge in [-0.15, -0.1) is 0 Å². The van der Waals surface area contributed by atoms with Gasteiger partial charge in [-0.3, -0.25) is 4.79 Å². The van der Waals surface area contributed by atoms with E-state index in [4.69, 9.17) is 47.6 Å². The molecule has 0 unspecified atom stereocenters. The Balaban J connectivity index is 1.85. The van der Waals surface area contributed by atoms with E-state index in [0.29, 0.717) is 0 Å². The van der Waals surface area contributed by atoms with Gasteiger partial charge in [-0.05, 0) is 12.8 Å². The quantitative estimate of drug-likeness (QED) is 0.103. The fourth-order valence-corrected chi connectivity index (χ4v) is 5.27. The fourth-order valence-electron chi connectivity index (χ4n) is 5.27. The highest BCUT2D eigenvalue weighted by Gasteiger charge is 2.52. The molecule has 2 saturated heterocycles. The van der Waals surface area contributed by atoms with E-state index in [1.807, 2.05) is 0 Å². The molecule has 2 aliphatic heterocycles. The van der Waals surface area contributed by atoms with E-state index in [0.717, 1.165) is 0 Å². The monoisotopic (exact) mass is 614 g/mol. The molecule has 3 aliphatic rings. The summed E-state index contributed by atoms with van der Waals surface area (Å²) in [4.78, 5) is 12.8. The molecule has 3 fully saturated rings. The van der Waals surface area contributed by atoms with Crippen molar-refractivity contribution in [2.24, 2.45) is 28.7 Å². The predicted molar refractivity (Wildman–Crippen MR) is 139 cm³/mol. The molecule has 42 heavy (non-hydrogen) atoms. The molecule has 246 valence electrons. The molecule has 19 N–H and O–H groups in total. The first-order valence-electron chi connectivity index (χ1n) is 13.7. The second-order valence-electron chi connectivity index (χ2n) is 11.0. The Labute approximate surface area is 241 Å². The first kappa shape index (κ1) is 35.3. The van der Waals surface area contributed by atoms with E-state index in [1.54, 1.807) is 0 Å². The minimum absolute atomic E-state index is 0.00295. The molecule has 19 heteroatoms. The first-order valence-corrected chi connectivity index (χ1v) is 13.7. The SMILES string of the molecule is NC[C@@H](N)C[C@@H](O)C(=O)N[C@H]1C[C@@H](N)[C@H](O[C@H]2O[C@H](CN)[C@@H](O)[C@H](O)[C@H]2O)[C@@H](O)[C@@H]1O[C@H]1O[C@H](CO)[C@@H](O)[C@H](N)[C@H]1O. The Bertz CT molecular complexity index is 864. The average molecular weight is 615 g/mol. The van der Waals surface area contributed by atoms with Crippen LogP contribution >= 0.6 is 0 Å². The molecule has 17 atom stereocenters. The van der Waals surface area contributed by atoms with Crippen LogP contribution in [0.3, 0.4) is 0 Å². The zero-order chi connectivity index (χ0) is 31.5. The normalized spacial score (nSPS) is 46.2. The molecule has 0 aromatic carbocycles. The number of hydrogen-bond acceptors (Lipinski definition) is 18. The lowest BCUT2D eigenvalue weighted by Crippen LogP contribution is -2.69. The number of aliphatic hydroxyl groups is 8. The van der Waals surface area contributed by atoms with Gasteiger partial charge in [0.05, 0.1) is 18.7 Å². The highest BCUT2D eigenvalue weighted by atomic mass is 16.7. The van der Waals surface area contributed by atoms with E-state index in [9.17, 15) is 45.6 Å². The summed E-state index contributed by atoms with van der Waals surface area (Å²) >= 11 is 0. The highest BCUT2D eigenvalue weighted by molar-refractivity contribution is 5.80. The van der Waals surface area contributed by atoms with Crippen molar-refractivity contribution in [3.05, 3.63) is 0 Å². The number of nitrogens with two attached hydrogens (primary N) is 5. The second kappa shape index (κ2) is 15.2. The van der Waals surface area contributed by atoms with Gasteiger partial charge in [-0.1, -0.05) is 0 Å². The van der Waals surface area contributed by atoms with Crippen LogP contribution in [0, 0.1) is 0 Å². The molecule has 0 spiro atoms. The second-order valence-corrected chi connectivity index (χ2v) is 11.0. The van der Waals surface area contributed by atoms with E-state index in [1.165, 1.54) is 0 Å². The maximum Gasteiger partial charge on any atom is 0.249 e. The summed E-state index contributed by atoms with van der Waals surface area (Å²) in [6, 6.07) is -4.22. The maximum absolute atomic E-state index is 12.8. The molecule has 1 aliphatic carbocycles. The minimum Gasteiger partial charge on any atom is -0.394 e.